The number of hydrogen-bond acceptors (Lipinski definition) is 6. The van der Waals surface area contributed by atoms with Gasteiger partial charge in [0.25, 0.3) is 0 Å². The van der Waals surface area contributed by atoms with E-state index in [9.17, 15) is 14.4 Å². The molecule has 0 aliphatic carbocycles. The van der Waals surface area contributed by atoms with E-state index in [4.69, 9.17) is 14.2 Å². The molecule has 0 saturated carbocycles. The van der Waals surface area contributed by atoms with Gasteiger partial charge in [-0.05, 0) is 122 Å². The van der Waals surface area contributed by atoms with Crippen molar-refractivity contribution in [2.24, 2.45) is 0 Å². The number of esters is 3. The topological polar surface area (TPSA) is 78.9 Å². The number of unbranched alkanes of at least 4 members (excludes halogenated alkanes) is 29. The van der Waals surface area contributed by atoms with E-state index in [1.807, 2.05) is 0 Å². The molecule has 0 aromatic carbocycles. The zero-order valence-corrected chi connectivity index (χ0v) is 48.6. The van der Waals surface area contributed by atoms with Crippen LogP contribution in [0.2, 0.25) is 0 Å². The molecular weight excluding hydrogens is 913 g/mol. The van der Waals surface area contributed by atoms with Crippen LogP contribution in [0.1, 0.15) is 297 Å². The van der Waals surface area contributed by atoms with Crippen LogP contribution in [0.4, 0.5) is 0 Å². The molecule has 0 aromatic rings. The van der Waals surface area contributed by atoms with Crippen molar-refractivity contribution in [1.82, 2.24) is 0 Å². The van der Waals surface area contributed by atoms with Gasteiger partial charge in [0.15, 0.2) is 6.10 Å². The molecule has 1 unspecified atom stereocenters. The van der Waals surface area contributed by atoms with Crippen LogP contribution < -0.4 is 0 Å². The summed E-state index contributed by atoms with van der Waals surface area (Å²) in [6, 6.07) is 0. The summed E-state index contributed by atoms with van der Waals surface area (Å²) < 4.78 is 16.9. The van der Waals surface area contributed by atoms with E-state index in [0.717, 1.165) is 116 Å². The van der Waals surface area contributed by atoms with E-state index in [1.54, 1.807) is 0 Å². The second-order valence-electron chi connectivity index (χ2n) is 20.6. The lowest BCUT2D eigenvalue weighted by molar-refractivity contribution is -0.167. The van der Waals surface area contributed by atoms with Crippen LogP contribution in [0, 0.1) is 0 Å². The molecule has 6 heteroatoms. The van der Waals surface area contributed by atoms with Crippen LogP contribution in [0.25, 0.3) is 0 Å². The summed E-state index contributed by atoms with van der Waals surface area (Å²) in [5, 5.41) is 0. The van der Waals surface area contributed by atoms with Crippen molar-refractivity contribution in [3.05, 3.63) is 97.2 Å². The Kier molecular flexibility index (Phi) is 58.8. The lowest BCUT2D eigenvalue weighted by Crippen LogP contribution is -2.30. The van der Waals surface area contributed by atoms with Gasteiger partial charge in [-0.25, -0.2) is 0 Å². The fourth-order valence-corrected chi connectivity index (χ4v) is 8.61. The fourth-order valence-electron chi connectivity index (χ4n) is 8.61. The zero-order valence-electron chi connectivity index (χ0n) is 48.6. The summed E-state index contributed by atoms with van der Waals surface area (Å²) >= 11 is 0. The van der Waals surface area contributed by atoms with Crippen molar-refractivity contribution in [3.8, 4) is 0 Å². The number of allylic oxidation sites excluding steroid dienone is 16. The van der Waals surface area contributed by atoms with Gasteiger partial charge in [0.1, 0.15) is 13.2 Å². The van der Waals surface area contributed by atoms with E-state index < -0.39 is 6.10 Å². The predicted molar refractivity (Wildman–Crippen MR) is 320 cm³/mol. The molecule has 0 N–H and O–H groups in total. The molecule has 0 rings (SSSR count). The lowest BCUT2D eigenvalue weighted by Gasteiger charge is -2.18. The third-order valence-electron chi connectivity index (χ3n) is 13.3. The van der Waals surface area contributed by atoms with Gasteiger partial charge in [-0.2, -0.15) is 0 Å². The Morgan fingerprint density at radius 3 is 0.865 bits per heavy atom. The maximum Gasteiger partial charge on any atom is 0.306 e. The van der Waals surface area contributed by atoms with Crippen LogP contribution in [-0.4, -0.2) is 37.2 Å². The summed E-state index contributed by atoms with van der Waals surface area (Å²) in [6.45, 7) is 6.49. The molecule has 0 radical (unpaired) electrons. The van der Waals surface area contributed by atoms with Crippen molar-refractivity contribution in [3.63, 3.8) is 0 Å². The quantitative estimate of drug-likeness (QED) is 0.0261. The van der Waals surface area contributed by atoms with E-state index in [0.29, 0.717) is 19.3 Å². The highest BCUT2D eigenvalue weighted by molar-refractivity contribution is 5.71. The molecule has 0 aliphatic rings. The first-order valence-corrected chi connectivity index (χ1v) is 31.2. The van der Waals surface area contributed by atoms with Gasteiger partial charge in [-0.3, -0.25) is 14.4 Å². The normalized spacial score (nSPS) is 12.7. The number of carbonyl (C=O) groups excluding carboxylic acids is 3. The van der Waals surface area contributed by atoms with Crippen molar-refractivity contribution >= 4 is 17.9 Å². The Bertz CT molecular complexity index is 1460. The Morgan fingerprint density at radius 1 is 0.284 bits per heavy atom. The number of rotatable bonds is 56. The number of hydrogen-bond donors (Lipinski definition) is 0. The summed E-state index contributed by atoms with van der Waals surface area (Å²) in [5.41, 5.74) is 0. The molecule has 0 spiro atoms. The molecule has 74 heavy (non-hydrogen) atoms. The van der Waals surface area contributed by atoms with E-state index in [2.05, 4.69) is 118 Å². The smallest absolute Gasteiger partial charge is 0.306 e. The van der Waals surface area contributed by atoms with Crippen LogP contribution in [0.5, 0.6) is 0 Å². The van der Waals surface area contributed by atoms with E-state index in [-0.39, 0.29) is 31.1 Å². The highest BCUT2D eigenvalue weighted by atomic mass is 16.6. The Hall–Kier alpha value is -3.67. The molecule has 1 atom stereocenters. The van der Waals surface area contributed by atoms with Crippen molar-refractivity contribution in [2.75, 3.05) is 13.2 Å². The van der Waals surface area contributed by atoms with Gasteiger partial charge < -0.3 is 14.2 Å². The maximum atomic E-state index is 12.9. The maximum absolute atomic E-state index is 12.9. The molecule has 424 valence electrons. The third kappa shape index (κ3) is 59.2. The average Bonchev–Trinajstić information content (AvgIpc) is 3.40. The van der Waals surface area contributed by atoms with Crippen molar-refractivity contribution < 1.29 is 28.6 Å². The van der Waals surface area contributed by atoms with Crippen LogP contribution in [0.3, 0.4) is 0 Å². The largest absolute Gasteiger partial charge is 0.462 e. The molecule has 0 saturated heterocycles. The average molecular weight is 1030 g/mol. The van der Waals surface area contributed by atoms with Gasteiger partial charge in [0.05, 0.1) is 0 Å². The molecule has 0 aromatic heterocycles. The summed E-state index contributed by atoms with van der Waals surface area (Å²) in [6.07, 6.45) is 82.6. The molecule has 0 bridgehead atoms. The van der Waals surface area contributed by atoms with Crippen LogP contribution >= 0.6 is 0 Å². The van der Waals surface area contributed by atoms with Gasteiger partial charge in [-0.1, -0.05) is 253 Å². The second-order valence-corrected chi connectivity index (χ2v) is 20.6. The first kappa shape index (κ1) is 70.3. The minimum absolute atomic E-state index is 0.0906. The van der Waals surface area contributed by atoms with Gasteiger partial charge >= 0.3 is 17.9 Å². The zero-order chi connectivity index (χ0) is 53.6. The van der Waals surface area contributed by atoms with Crippen molar-refractivity contribution in [2.45, 2.75) is 303 Å². The van der Waals surface area contributed by atoms with Gasteiger partial charge in [0, 0.05) is 19.3 Å². The van der Waals surface area contributed by atoms with Crippen LogP contribution in [-0.2, 0) is 28.6 Å². The summed E-state index contributed by atoms with van der Waals surface area (Å²) in [7, 11) is 0. The molecule has 6 nitrogen and oxygen atoms in total. The second kappa shape index (κ2) is 61.9. The molecule has 0 heterocycles. The van der Waals surface area contributed by atoms with E-state index in [1.165, 1.54) is 141 Å². The first-order chi connectivity index (χ1) is 36.5. The third-order valence-corrected chi connectivity index (χ3v) is 13.3. The molecule has 0 amide bonds. The monoisotopic (exact) mass is 1030 g/mol. The van der Waals surface area contributed by atoms with E-state index >= 15 is 0 Å². The highest BCUT2D eigenvalue weighted by Gasteiger charge is 2.19. The SMILES string of the molecule is CC/C=C\C/C=C\C/C=C\C/C=C\C/C=C\C/C=C\CCCCCCC(=O)OCC(COC(=O)CCCCCCC/C=C\CCCCC)OC(=O)CCCCCCCCCCC/C=C\CCCCCCCCCC. The number of ether oxygens (including phenoxy) is 3. The Labute approximate surface area is 457 Å². The standard InChI is InChI=1S/C68H116O6/c1-4-7-10-13-16-19-22-25-27-29-31-33-34-36-37-39-41-43-46-49-52-55-58-61-67(70)73-64-65(63-72-66(69)60-57-54-51-48-45-24-21-18-15-12-9-6-3)74-68(71)62-59-56-53-50-47-44-42-40-38-35-32-30-28-26-23-20-17-14-11-8-5-2/h7,10,16,18-19,21,25,27,30-33,36-37,41,43,65H,4-6,8-9,11-15,17,20,22-24,26,28-29,34-35,38-40,42,44-64H2,1-3H3/b10-7-,19-16-,21-18-,27-25-,32-30-,33-31-,37-36-,43-41-. The summed E-state index contributed by atoms with van der Waals surface area (Å²) in [5.74, 6) is -0.920. The van der Waals surface area contributed by atoms with Gasteiger partial charge in [0.2, 0.25) is 0 Å². The minimum atomic E-state index is -0.794. The first-order valence-electron chi connectivity index (χ1n) is 31.2. The summed E-state index contributed by atoms with van der Waals surface area (Å²) in [4.78, 5) is 38.2. The minimum Gasteiger partial charge on any atom is -0.462 e. The van der Waals surface area contributed by atoms with Crippen molar-refractivity contribution in [1.29, 1.82) is 0 Å². The van der Waals surface area contributed by atoms with Gasteiger partial charge in [-0.15, -0.1) is 0 Å². The molecule has 0 fully saturated rings. The predicted octanol–water partition coefficient (Wildman–Crippen LogP) is 21.3. The fraction of sp³-hybridized carbons (Fsp3) is 0.721. The van der Waals surface area contributed by atoms with Crippen LogP contribution in [0.15, 0.2) is 97.2 Å². The Morgan fingerprint density at radius 2 is 0.527 bits per heavy atom. The lowest BCUT2D eigenvalue weighted by atomic mass is 10.1. The Balaban J connectivity index is 4.39. The number of carbonyl (C=O) groups is 3. The highest BCUT2D eigenvalue weighted by Crippen LogP contribution is 2.15. The molecular formula is C68H116O6. The molecule has 0 aliphatic heterocycles.